The van der Waals surface area contributed by atoms with Crippen LogP contribution in [0.2, 0.25) is 0 Å². The van der Waals surface area contributed by atoms with E-state index in [1.54, 1.807) is 0 Å². The molecule has 0 saturated carbocycles. The van der Waals surface area contributed by atoms with Crippen LogP contribution in [0.4, 0.5) is 0 Å². The molecule has 0 aliphatic heterocycles. The zero-order valence-corrected chi connectivity index (χ0v) is 4.91. The summed E-state index contributed by atoms with van der Waals surface area (Å²) in [6, 6.07) is 0. The molecule has 0 amide bonds. The van der Waals surface area contributed by atoms with Gasteiger partial charge in [0.1, 0.15) is 0 Å². The fourth-order valence-corrected chi connectivity index (χ4v) is 0.348. The topological polar surface area (TPSA) is 0 Å². The Morgan fingerprint density at radius 3 is 2.86 bits per heavy atom. The molecule has 0 aromatic carbocycles. The van der Waals surface area contributed by atoms with Crippen LogP contribution in [0.25, 0.3) is 0 Å². The largest absolute Gasteiger partial charge is 0.0811 e. The standard InChI is InChI=1S/C7H12/c1-3-5-7-6-4-2/h5H,1,3-4,6H2,2H3. The second-order valence-corrected chi connectivity index (χ2v) is 1.45. The predicted octanol–water partition coefficient (Wildman–Crippen LogP) is 2.37. The van der Waals surface area contributed by atoms with E-state index < -0.39 is 0 Å². The lowest BCUT2D eigenvalue weighted by molar-refractivity contribution is 0.934. The third-order valence-corrected chi connectivity index (χ3v) is 0.683. The van der Waals surface area contributed by atoms with Gasteiger partial charge in [0.25, 0.3) is 0 Å². The molecule has 0 atom stereocenters. The molecule has 0 rings (SSSR count). The fraction of sp³-hybridized carbons (Fsp3) is 0.571. The summed E-state index contributed by atoms with van der Waals surface area (Å²) < 4.78 is 0. The molecule has 0 unspecified atom stereocenters. The molecule has 0 heteroatoms. The molecular formula is C7H12. The van der Waals surface area contributed by atoms with Gasteiger partial charge in [0.15, 0.2) is 0 Å². The van der Waals surface area contributed by atoms with E-state index in [-0.39, 0.29) is 0 Å². The predicted molar refractivity (Wildman–Crippen MR) is 32.7 cm³/mol. The first-order valence-electron chi connectivity index (χ1n) is 2.76. The lowest BCUT2D eigenvalue weighted by atomic mass is 10.3. The van der Waals surface area contributed by atoms with E-state index in [1.165, 1.54) is 6.42 Å². The summed E-state index contributed by atoms with van der Waals surface area (Å²) in [6.45, 7) is 5.78. The Hall–Kier alpha value is -0.260. The summed E-state index contributed by atoms with van der Waals surface area (Å²) in [5, 5.41) is 0. The van der Waals surface area contributed by atoms with Crippen molar-refractivity contribution in [2.45, 2.75) is 26.2 Å². The molecule has 7 heavy (non-hydrogen) atoms. The van der Waals surface area contributed by atoms with Gasteiger partial charge in [-0.1, -0.05) is 19.4 Å². The van der Waals surface area contributed by atoms with Gasteiger partial charge in [-0.25, -0.2) is 0 Å². The van der Waals surface area contributed by atoms with Crippen LogP contribution in [0.3, 0.4) is 0 Å². The fourth-order valence-electron chi connectivity index (χ4n) is 0.348. The molecule has 0 bridgehead atoms. The Balaban J connectivity index is 2.78. The van der Waals surface area contributed by atoms with Crippen LogP contribution in [0.15, 0.2) is 6.08 Å². The average molecular weight is 96.2 g/mol. The zero-order valence-electron chi connectivity index (χ0n) is 4.91. The minimum atomic E-state index is 0.875. The molecule has 0 saturated heterocycles. The highest BCUT2D eigenvalue weighted by Crippen LogP contribution is 1.87. The van der Waals surface area contributed by atoms with E-state index in [0.29, 0.717) is 0 Å². The molecule has 0 spiro atoms. The van der Waals surface area contributed by atoms with Gasteiger partial charge in [-0.2, -0.15) is 0 Å². The lowest BCUT2D eigenvalue weighted by Gasteiger charge is -1.78. The van der Waals surface area contributed by atoms with Crippen molar-refractivity contribution in [2.75, 3.05) is 0 Å². The molecule has 0 aliphatic rings. The average Bonchev–Trinajstić information content (AvgIpc) is 1.69. The van der Waals surface area contributed by atoms with Gasteiger partial charge in [0.05, 0.1) is 0 Å². The van der Waals surface area contributed by atoms with Crippen LogP contribution >= 0.6 is 0 Å². The molecular weight excluding hydrogens is 84.1 g/mol. The van der Waals surface area contributed by atoms with Gasteiger partial charge in [-0.15, -0.1) is 0 Å². The van der Waals surface area contributed by atoms with Crippen molar-refractivity contribution in [3.63, 3.8) is 0 Å². The Morgan fingerprint density at radius 2 is 2.43 bits per heavy atom. The first-order valence-corrected chi connectivity index (χ1v) is 2.76. The van der Waals surface area contributed by atoms with Gasteiger partial charge >= 0.3 is 0 Å². The van der Waals surface area contributed by atoms with Crippen LogP contribution in [-0.4, -0.2) is 0 Å². The molecule has 0 fully saturated rings. The second-order valence-electron chi connectivity index (χ2n) is 1.45. The van der Waals surface area contributed by atoms with Crippen molar-refractivity contribution >= 4 is 0 Å². The Morgan fingerprint density at radius 1 is 1.71 bits per heavy atom. The van der Waals surface area contributed by atoms with E-state index in [0.717, 1.165) is 12.8 Å². The summed E-state index contributed by atoms with van der Waals surface area (Å²) in [5.74, 6) is 0. The third kappa shape index (κ3) is 5.74. The Bertz CT molecular complexity index is 44.0. The second kappa shape index (κ2) is 5.74. The third-order valence-electron chi connectivity index (χ3n) is 0.683. The minimum Gasteiger partial charge on any atom is -0.0811 e. The van der Waals surface area contributed by atoms with E-state index in [2.05, 4.69) is 19.9 Å². The van der Waals surface area contributed by atoms with Gasteiger partial charge in [-0.3, -0.25) is 0 Å². The van der Waals surface area contributed by atoms with Crippen LogP contribution in [0.1, 0.15) is 26.2 Å². The number of hydrogen-bond acceptors (Lipinski definition) is 0. The highest BCUT2D eigenvalue weighted by molar-refractivity contribution is 4.73. The summed E-state index contributed by atoms with van der Waals surface area (Å²) in [5.41, 5.74) is 0. The number of rotatable bonds is 3. The van der Waals surface area contributed by atoms with Crippen LogP contribution < -0.4 is 0 Å². The number of hydrogen-bond donors (Lipinski definition) is 0. The Labute approximate surface area is 46.2 Å². The molecule has 0 aromatic rings. The molecule has 2 radical (unpaired) electrons. The lowest BCUT2D eigenvalue weighted by Crippen LogP contribution is -1.60. The zero-order chi connectivity index (χ0) is 5.54. The quantitative estimate of drug-likeness (QED) is 0.506. The molecule has 40 valence electrons. The maximum Gasteiger partial charge on any atom is -0.0282 e. The van der Waals surface area contributed by atoms with E-state index in [4.69, 9.17) is 0 Å². The van der Waals surface area contributed by atoms with Crippen molar-refractivity contribution < 1.29 is 0 Å². The van der Waals surface area contributed by atoms with Crippen molar-refractivity contribution in [3.8, 4) is 0 Å². The SMILES string of the molecule is [CH2]C/C=[C]/CCC. The van der Waals surface area contributed by atoms with Gasteiger partial charge in [0, 0.05) is 0 Å². The summed E-state index contributed by atoms with van der Waals surface area (Å²) in [7, 11) is 0. The highest BCUT2D eigenvalue weighted by atomic mass is 13.7. The first kappa shape index (κ1) is 6.74. The minimum absolute atomic E-state index is 0.875. The maximum absolute atomic E-state index is 3.64. The molecule has 0 aromatic heterocycles. The smallest absolute Gasteiger partial charge is 0.0282 e. The maximum atomic E-state index is 3.64. The number of unbranched alkanes of at least 4 members (excludes halogenated alkanes) is 1. The van der Waals surface area contributed by atoms with Gasteiger partial charge in [0.2, 0.25) is 0 Å². The van der Waals surface area contributed by atoms with Crippen molar-refractivity contribution in [2.24, 2.45) is 0 Å². The molecule has 0 N–H and O–H groups in total. The van der Waals surface area contributed by atoms with Crippen molar-refractivity contribution in [3.05, 3.63) is 19.1 Å². The van der Waals surface area contributed by atoms with Crippen LogP contribution in [0, 0.1) is 13.0 Å². The van der Waals surface area contributed by atoms with Crippen LogP contribution in [-0.2, 0) is 0 Å². The summed E-state index contributed by atoms with van der Waals surface area (Å²) in [4.78, 5) is 0. The Kier molecular flexibility index (Phi) is 5.53. The summed E-state index contributed by atoms with van der Waals surface area (Å²) in [6.07, 6.45) is 8.22. The molecule has 0 aliphatic carbocycles. The first-order chi connectivity index (χ1) is 3.41. The molecule has 0 nitrogen and oxygen atoms in total. The van der Waals surface area contributed by atoms with Gasteiger partial charge in [-0.05, 0) is 25.8 Å². The monoisotopic (exact) mass is 96.1 g/mol. The van der Waals surface area contributed by atoms with Crippen molar-refractivity contribution in [1.82, 2.24) is 0 Å². The summed E-state index contributed by atoms with van der Waals surface area (Å²) >= 11 is 0. The van der Waals surface area contributed by atoms with E-state index in [1.807, 2.05) is 6.08 Å². The van der Waals surface area contributed by atoms with Crippen molar-refractivity contribution in [1.29, 1.82) is 0 Å². The highest BCUT2D eigenvalue weighted by Gasteiger charge is 1.69. The van der Waals surface area contributed by atoms with Crippen LogP contribution in [0.5, 0.6) is 0 Å². The number of allylic oxidation sites excluding steroid dienone is 2. The normalized spacial score (nSPS) is 10.6. The van der Waals surface area contributed by atoms with E-state index >= 15 is 0 Å². The molecule has 0 heterocycles. The van der Waals surface area contributed by atoms with E-state index in [9.17, 15) is 0 Å². The van der Waals surface area contributed by atoms with Gasteiger partial charge < -0.3 is 0 Å².